The lowest BCUT2D eigenvalue weighted by Gasteiger charge is -2.21. The van der Waals surface area contributed by atoms with E-state index >= 15 is 0 Å². The van der Waals surface area contributed by atoms with Gasteiger partial charge in [0.15, 0.2) is 18.1 Å². The molecule has 0 spiro atoms. The van der Waals surface area contributed by atoms with Crippen LogP contribution >= 0.6 is 0 Å². The van der Waals surface area contributed by atoms with Crippen LogP contribution in [0, 0.1) is 0 Å². The lowest BCUT2D eigenvalue weighted by atomic mass is 10.1. The van der Waals surface area contributed by atoms with Gasteiger partial charge in [0.1, 0.15) is 0 Å². The summed E-state index contributed by atoms with van der Waals surface area (Å²) in [6.45, 7) is 4.79. The summed E-state index contributed by atoms with van der Waals surface area (Å²) in [7, 11) is -1.05. The van der Waals surface area contributed by atoms with Crippen LogP contribution in [0.1, 0.15) is 36.7 Å². The van der Waals surface area contributed by atoms with Gasteiger partial charge in [-0.3, -0.25) is 9.59 Å². The van der Waals surface area contributed by atoms with Gasteiger partial charge < -0.3 is 25.3 Å². The van der Waals surface area contributed by atoms with Crippen molar-refractivity contribution in [1.82, 2.24) is 10.0 Å². The summed E-state index contributed by atoms with van der Waals surface area (Å²) >= 11 is 0. The molecule has 0 heterocycles. The number of carbonyl (C=O) groups is 2. The van der Waals surface area contributed by atoms with E-state index in [1.54, 1.807) is 39.0 Å². The first-order chi connectivity index (χ1) is 15.4. The molecule has 4 N–H and O–H groups in total. The van der Waals surface area contributed by atoms with E-state index in [1.165, 1.54) is 32.4 Å². The van der Waals surface area contributed by atoms with Crippen molar-refractivity contribution in [3.63, 3.8) is 0 Å². The third-order valence-electron chi connectivity index (χ3n) is 4.22. The van der Waals surface area contributed by atoms with Crippen LogP contribution < -0.4 is 30.0 Å². The standard InChI is InChI=1S/C22H29N3O7S/c1-22(2,3)25-33(28,29)18-9-7-6-8-14(18)12-24-21(27)15-10-16(30-4)20(17(11-15)31-5)32-13-19(23)26/h6-11,25H,12-13H2,1-5H3,(H2,23,26)(H,24,27). The zero-order valence-corrected chi connectivity index (χ0v) is 20.0. The molecule has 2 aromatic rings. The molecule has 0 bridgehead atoms. The van der Waals surface area contributed by atoms with E-state index in [9.17, 15) is 18.0 Å². The smallest absolute Gasteiger partial charge is 0.255 e. The quantitative estimate of drug-likeness (QED) is 0.469. The Morgan fingerprint density at radius 1 is 1.03 bits per heavy atom. The average molecular weight is 480 g/mol. The van der Waals surface area contributed by atoms with Crippen molar-refractivity contribution >= 4 is 21.8 Å². The van der Waals surface area contributed by atoms with Crippen LogP contribution in [0.4, 0.5) is 0 Å². The highest BCUT2D eigenvalue weighted by Gasteiger charge is 2.25. The number of primary amides is 1. The Balaban J connectivity index is 2.28. The maximum Gasteiger partial charge on any atom is 0.255 e. The molecule has 0 saturated carbocycles. The number of carbonyl (C=O) groups excluding carboxylic acids is 2. The van der Waals surface area contributed by atoms with Crippen LogP contribution in [-0.4, -0.2) is 46.6 Å². The first kappa shape index (κ1) is 25.9. The van der Waals surface area contributed by atoms with E-state index in [0.29, 0.717) is 5.56 Å². The molecule has 0 saturated heterocycles. The fraction of sp³-hybridized carbons (Fsp3) is 0.364. The monoisotopic (exact) mass is 479 g/mol. The van der Waals surface area contributed by atoms with E-state index in [1.807, 2.05) is 0 Å². The first-order valence-electron chi connectivity index (χ1n) is 9.95. The first-order valence-corrected chi connectivity index (χ1v) is 11.4. The van der Waals surface area contributed by atoms with Gasteiger partial charge in [-0.05, 0) is 44.5 Å². The minimum Gasteiger partial charge on any atom is -0.493 e. The molecule has 0 aliphatic heterocycles. The van der Waals surface area contributed by atoms with Crippen LogP contribution in [0.2, 0.25) is 0 Å². The van der Waals surface area contributed by atoms with Crippen molar-refractivity contribution in [1.29, 1.82) is 0 Å². The van der Waals surface area contributed by atoms with Crippen LogP contribution in [0.15, 0.2) is 41.3 Å². The summed E-state index contributed by atoms with van der Waals surface area (Å²) in [4.78, 5) is 23.9. The second kappa shape index (κ2) is 10.5. The number of nitrogens with one attached hydrogen (secondary N) is 2. The molecule has 0 aliphatic carbocycles. The molecule has 180 valence electrons. The number of amides is 2. The van der Waals surface area contributed by atoms with Crippen LogP contribution in [-0.2, 0) is 21.4 Å². The summed E-state index contributed by atoms with van der Waals surface area (Å²) in [6.07, 6.45) is 0. The molecular formula is C22H29N3O7S. The van der Waals surface area contributed by atoms with Gasteiger partial charge >= 0.3 is 0 Å². The normalized spacial score (nSPS) is 11.5. The lowest BCUT2D eigenvalue weighted by Crippen LogP contribution is -2.41. The van der Waals surface area contributed by atoms with Gasteiger partial charge in [-0.25, -0.2) is 13.1 Å². The number of hydrogen-bond donors (Lipinski definition) is 3. The predicted octanol–water partition coefficient (Wildman–Crippen LogP) is 1.57. The SMILES string of the molecule is COc1cc(C(=O)NCc2ccccc2S(=O)(=O)NC(C)(C)C)cc(OC)c1OCC(N)=O. The second-order valence-electron chi connectivity index (χ2n) is 8.11. The molecular weight excluding hydrogens is 450 g/mol. The predicted molar refractivity (Wildman–Crippen MR) is 122 cm³/mol. The molecule has 0 aromatic heterocycles. The fourth-order valence-corrected chi connectivity index (χ4v) is 4.60. The molecule has 0 aliphatic rings. The van der Waals surface area contributed by atoms with E-state index in [4.69, 9.17) is 19.9 Å². The number of benzene rings is 2. The highest BCUT2D eigenvalue weighted by Crippen LogP contribution is 2.38. The molecule has 0 unspecified atom stereocenters. The average Bonchev–Trinajstić information content (AvgIpc) is 2.73. The third kappa shape index (κ3) is 7.09. The van der Waals surface area contributed by atoms with Crippen molar-refractivity contribution in [3.05, 3.63) is 47.5 Å². The molecule has 10 nitrogen and oxygen atoms in total. The molecule has 11 heteroatoms. The van der Waals surface area contributed by atoms with Crippen molar-refractivity contribution < 1.29 is 32.2 Å². The van der Waals surface area contributed by atoms with Gasteiger partial charge in [-0.15, -0.1) is 0 Å². The van der Waals surface area contributed by atoms with Crippen molar-refractivity contribution in [3.8, 4) is 17.2 Å². The Morgan fingerprint density at radius 2 is 1.61 bits per heavy atom. The van der Waals surface area contributed by atoms with Crippen LogP contribution in [0.25, 0.3) is 0 Å². The van der Waals surface area contributed by atoms with Gasteiger partial charge in [0.25, 0.3) is 11.8 Å². The number of methoxy groups -OCH3 is 2. The zero-order valence-electron chi connectivity index (χ0n) is 19.2. The third-order valence-corrected chi connectivity index (χ3v) is 6.08. The summed E-state index contributed by atoms with van der Waals surface area (Å²) in [6, 6.07) is 9.24. The van der Waals surface area contributed by atoms with Gasteiger partial charge in [0.05, 0.1) is 19.1 Å². The highest BCUT2D eigenvalue weighted by atomic mass is 32.2. The van der Waals surface area contributed by atoms with Crippen LogP contribution in [0.3, 0.4) is 0 Å². The van der Waals surface area contributed by atoms with E-state index in [0.717, 1.165) is 0 Å². The van der Waals surface area contributed by atoms with Crippen molar-refractivity contribution in [2.24, 2.45) is 5.73 Å². The Morgan fingerprint density at radius 3 is 2.12 bits per heavy atom. The van der Waals surface area contributed by atoms with E-state index < -0.39 is 34.0 Å². The summed E-state index contributed by atoms with van der Waals surface area (Å²) in [5, 5.41) is 2.71. The summed E-state index contributed by atoms with van der Waals surface area (Å²) < 4.78 is 44.1. The number of ether oxygens (including phenoxy) is 3. The fourth-order valence-electron chi connectivity index (χ4n) is 2.94. The number of nitrogens with two attached hydrogens (primary N) is 1. The molecule has 2 aromatic carbocycles. The minimum atomic E-state index is -3.80. The molecule has 33 heavy (non-hydrogen) atoms. The topological polar surface area (TPSA) is 146 Å². The molecule has 2 amide bonds. The summed E-state index contributed by atoms with van der Waals surface area (Å²) in [5.41, 5.74) is 5.05. The van der Waals surface area contributed by atoms with Crippen LogP contribution in [0.5, 0.6) is 17.2 Å². The molecule has 0 fully saturated rings. The second-order valence-corrected chi connectivity index (χ2v) is 9.76. The largest absolute Gasteiger partial charge is 0.493 e. The summed E-state index contributed by atoms with van der Waals surface area (Å²) in [5.74, 6) is -0.726. The molecule has 0 radical (unpaired) electrons. The van der Waals surface area contributed by atoms with Crippen molar-refractivity contribution in [2.75, 3.05) is 20.8 Å². The highest BCUT2D eigenvalue weighted by molar-refractivity contribution is 7.89. The van der Waals surface area contributed by atoms with Gasteiger partial charge in [-0.1, -0.05) is 18.2 Å². The van der Waals surface area contributed by atoms with E-state index in [2.05, 4.69) is 10.0 Å². The Kier molecular flexibility index (Phi) is 8.29. The maximum atomic E-state index is 12.8. The Hall–Kier alpha value is -3.31. The molecule has 0 atom stereocenters. The minimum absolute atomic E-state index is 0.0371. The number of hydrogen-bond acceptors (Lipinski definition) is 7. The number of rotatable bonds is 10. The van der Waals surface area contributed by atoms with Gasteiger partial charge in [0.2, 0.25) is 15.8 Å². The number of sulfonamides is 1. The van der Waals surface area contributed by atoms with Gasteiger partial charge in [0, 0.05) is 17.6 Å². The lowest BCUT2D eigenvalue weighted by molar-refractivity contribution is -0.120. The Labute approximate surface area is 193 Å². The van der Waals surface area contributed by atoms with E-state index in [-0.39, 0.29) is 34.3 Å². The van der Waals surface area contributed by atoms with Gasteiger partial charge in [-0.2, -0.15) is 0 Å². The molecule has 2 rings (SSSR count). The Bertz CT molecular complexity index is 1100. The maximum absolute atomic E-state index is 12.8. The zero-order chi connectivity index (χ0) is 24.8. The van der Waals surface area contributed by atoms with Crippen molar-refractivity contribution in [2.45, 2.75) is 37.8 Å².